The third-order valence-corrected chi connectivity index (χ3v) is 4.39. The first-order chi connectivity index (χ1) is 9.70. The predicted molar refractivity (Wildman–Crippen MR) is 78.8 cm³/mol. The van der Waals surface area contributed by atoms with E-state index in [9.17, 15) is 9.50 Å². The van der Waals surface area contributed by atoms with E-state index in [0.29, 0.717) is 0 Å². The quantitative estimate of drug-likeness (QED) is 0.785. The van der Waals surface area contributed by atoms with E-state index < -0.39 is 11.9 Å². The Morgan fingerprint density at radius 3 is 2.70 bits per heavy atom. The fourth-order valence-corrected chi connectivity index (χ4v) is 3.26. The lowest BCUT2D eigenvalue weighted by Crippen LogP contribution is -2.02. The Bertz CT molecular complexity index is 718. The number of rotatable bonds is 3. The van der Waals surface area contributed by atoms with Gasteiger partial charge in [0.2, 0.25) is 0 Å². The molecule has 0 aliphatic carbocycles. The highest BCUT2D eigenvalue weighted by atomic mass is 32.1. The van der Waals surface area contributed by atoms with Gasteiger partial charge in [-0.1, -0.05) is 30.3 Å². The molecule has 1 N–H and O–H groups in total. The molecule has 1 atom stereocenters. The molecule has 0 bridgehead atoms. The molecule has 102 valence electrons. The molecule has 0 radical (unpaired) electrons. The number of ether oxygens (including phenoxy) is 1. The van der Waals surface area contributed by atoms with Gasteiger partial charge in [0.05, 0.1) is 7.11 Å². The summed E-state index contributed by atoms with van der Waals surface area (Å²) in [7, 11) is 1.41. The smallest absolute Gasteiger partial charge is 0.171 e. The molecule has 0 aliphatic rings. The minimum absolute atomic E-state index is 0.141. The van der Waals surface area contributed by atoms with Crippen molar-refractivity contribution in [2.45, 2.75) is 6.10 Å². The molecule has 0 spiro atoms. The molecule has 0 aliphatic heterocycles. The fraction of sp³-hybridized carbons (Fsp3) is 0.125. The number of hydrogen-bond acceptors (Lipinski definition) is 3. The SMILES string of the molecule is COc1cccc(C(O)c2cc3ccccc3s2)c1F. The van der Waals surface area contributed by atoms with Crippen molar-refractivity contribution in [1.82, 2.24) is 0 Å². The minimum Gasteiger partial charge on any atom is -0.494 e. The second-order valence-electron chi connectivity index (χ2n) is 4.45. The van der Waals surface area contributed by atoms with Crippen LogP contribution in [0.4, 0.5) is 4.39 Å². The first kappa shape index (κ1) is 13.1. The maximum Gasteiger partial charge on any atom is 0.171 e. The first-order valence-electron chi connectivity index (χ1n) is 6.19. The van der Waals surface area contributed by atoms with Crippen LogP contribution >= 0.6 is 11.3 Å². The molecular formula is C16H13FO2S. The van der Waals surface area contributed by atoms with Gasteiger partial charge in [0, 0.05) is 15.1 Å². The molecule has 3 rings (SSSR count). The Kier molecular flexibility index (Phi) is 3.42. The number of aliphatic hydroxyl groups is 1. The molecule has 4 heteroatoms. The molecule has 2 nitrogen and oxygen atoms in total. The van der Waals surface area contributed by atoms with E-state index in [1.165, 1.54) is 24.5 Å². The van der Waals surface area contributed by atoms with Crippen molar-refractivity contribution in [1.29, 1.82) is 0 Å². The van der Waals surface area contributed by atoms with Gasteiger partial charge in [-0.05, 0) is 23.6 Å². The van der Waals surface area contributed by atoms with Crippen molar-refractivity contribution < 1.29 is 14.2 Å². The summed E-state index contributed by atoms with van der Waals surface area (Å²) < 4.78 is 20.2. The Hall–Kier alpha value is -1.91. The molecule has 3 aromatic rings. The van der Waals surface area contributed by atoms with Gasteiger partial charge in [0.1, 0.15) is 6.10 Å². The number of hydrogen-bond donors (Lipinski definition) is 1. The number of halogens is 1. The number of aliphatic hydroxyl groups excluding tert-OH is 1. The Labute approximate surface area is 120 Å². The molecule has 0 saturated carbocycles. The fourth-order valence-electron chi connectivity index (χ4n) is 2.19. The summed E-state index contributed by atoms with van der Waals surface area (Å²) in [5, 5.41) is 11.5. The lowest BCUT2D eigenvalue weighted by atomic mass is 10.1. The molecule has 2 aromatic carbocycles. The van der Waals surface area contributed by atoms with Gasteiger partial charge in [-0.3, -0.25) is 0 Å². The van der Waals surface area contributed by atoms with Crippen molar-refractivity contribution in [3.63, 3.8) is 0 Å². The number of methoxy groups -OCH3 is 1. The monoisotopic (exact) mass is 288 g/mol. The highest BCUT2D eigenvalue weighted by Gasteiger charge is 2.19. The van der Waals surface area contributed by atoms with Gasteiger partial charge >= 0.3 is 0 Å². The van der Waals surface area contributed by atoms with Gasteiger partial charge in [-0.15, -0.1) is 11.3 Å². The van der Waals surface area contributed by atoms with Gasteiger partial charge in [-0.2, -0.15) is 0 Å². The van der Waals surface area contributed by atoms with E-state index in [1.807, 2.05) is 30.3 Å². The van der Waals surface area contributed by atoms with E-state index >= 15 is 0 Å². The molecule has 1 unspecified atom stereocenters. The summed E-state index contributed by atoms with van der Waals surface area (Å²) in [4.78, 5) is 0.721. The highest BCUT2D eigenvalue weighted by molar-refractivity contribution is 7.19. The summed E-state index contributed by atoms with van der Waals surface area (Å²) in [6.07, 6.45) is -0.984. The van der Waals surface area contributed by atoms with E-state index in [0.717, 1.165) is 15.0 Å². The maximum absolute atomic E-state index is 14.2. The lowest BCUT2D eigenvalue weighted by molar-refractivity contribution is 0.217. The second-order valence-corrected chi connectivity index (χ2v) is 5.57. The van der Waals surface area contributed by atoms with Crippen LogP contribution in [-0.4, -0.2) is 12.2 Å². The molecule has 1 aromatic heterocycles. The predicted octanol–water partition coefficient (Wildman–Crippen LogP) is 4.13. The second kappa shape index (κ2) is 5.23. The van der Waals surface area contributed by atoms with Crippen molar-refractivity contribution in [3.8, 4) is 5.75 Å². The van der Waals surface area contributed by atoms with Crippen molar-refractivity contribution in [2.24, 2.45) is 0 Å². The topological polar surface area (TPSA) is 29.5 Å². The first-order valence-corrected chi connectivity index (χ1v) is 7.01. The van der Waals surface area contributed by atoms with Crippen molar-refractivity contribution >= 4 is 21.4 Å². The third kappa shape index (κ3) is 2.17. The Morgan fingerprint density at radius 1 is 1.15 bits per heavy atom. The van der Waals surface area contributed by atoms with Crippen LogP contribution in [0.25, 0.3) is 10.1 Å². The average molecular weight is 288 g/mol. The van der Waals surface area contributed by atoms with Gasteiger partial charge in [0.15, 0.2) is 11.6 Å². The standard InChI is InChI=1S/C16H13FO2S/c1-19-12-7-4-6-11(15(12)17)16(18)14-9-10-5-2-3-8-13(10)20-14/h2-9,16,18H,1H3. The summed E-state index contributed by atoms with van der Waals surface area (Å²) in [6, 6.07) is 14.5. The average Bonchev–Trinajstić information content (AvgIpc) is 2.90. The molecule has 0 amide bonds. The van der Waals surface area contributed by atoms with Crippen LogP contribution in [0.3, 0.4) is 0 Å². The van der Waals surface area contributed by atoms with Crippen LogP contribution in [0.1, 0.15) is 16.5 Å². The van der Waals surface area contributed by atoms with E-state index in [4.69, 9.17) is 4.74 Å². The minimum atomic E-state index is -0.984. The summed E-state index contributed by atoms with van der Waals surface area (Å²) in [6.45, 7) is 0. The normalized spacial score (nSPS) is 12.6. The highest BCUT2D eigenvalue weighted by Crippen LogP contribution is 2.35. The van der Waals surface area contributed by atoms with Crippen LogP contribution in [0, 0.1) is 5.82 Å². The lowest BCUT2D eigenvalue weighted by Gasteiger charge is -2.12. The molecule has 20 heavy (non-hydrogen) atoms. The third-order valence-electron chi connectivity index (χ3n) is 3.22. The van der Waals surface area contributed by atoms with Crippen LogP contribution in [0.15, 0.2) is 48.5 Å². The maximum atomic E-state index is 14.2. The molecular weight excluding hydrogens is 275 g/mol. The summed E-state index contributed by atoms with van der Waals surface area (Å²) in [5.41, 5.74) is 0.232. The van der Waals surface area contributed by atoms with Gasteiger partial charge in [0.25, 0.3) is 0 Å². The Morgan fingerprint density at radius 2 is 1.95 bits per heavy atom. The zero-order valence-electron chi connectivity index (χ0n) is 10.8. The van der Waals surface area contributed by atoms with Crippen molar-refractivity contribution in [2.75, 3.05) is 7.11 Å². The van der Waals surface area contributed by atoms with Gasteiger partial charge in [-0.25, -0.2) is 4.39 Å². The van der Waals surface area contributed by atoms with Crippen molar-refractivity contribution in [3.05, 3.63) is 64.8 Å². The number of benzene rings is 2. The molecule has 0 saturated heterocycles. The van der Waals surface area contributed by atoms with Crippen LogP contribution in [0.2, 0.25) is 0 Å². The zero-order valence-corrected chi connectivity index (χ0v) is 11.7. The van der Waals surface area contributed by atoms with E-state index in [-0.39, 0.29) is 11.3 Å². The van der Waals surface area contributed by atoms with E-state index in [2.05, 4.69) is 0 Å². The number of fused-ring (bicyclic) bond motifs is 1. The Balaban J connectivity index is 2.05. The van der Waals surface area contributed by atoms with Crippen LogP contribution in [-0.2, 0) is 0 Å². The summed E-state index contributed by atoms with van der Waals surface area (Å²) >= 11 is 1.46. The molecule has 0 fully saturated rings. The molecule has 1 heterocycles. The number of thiophene rings is 1. The zero-order chi connectivity index (χ0) is 14.1. The largest absolute Gasteiger partial charge is 0.494 e. The van der Waals surface area contributed by atoms with E-state index in [1.54, 1.807) is 12.1 Å². The summed E-state index contributed by atoms with van der Waals surface area (Å²) in [5.74, 6) is -0.373. The van der Waals surface area contributed by atoms with Crippen LogP contribution < -0.4 is 4.74 Å². The van der Waals surface area contributed by atoms with Gasteiger partial charge < -0.3 is 9.84 Å². The van der Waals surface area contributed by atoms with Crippen LogP contribution in [0.5, 0.6) is 5.75 Å².